The average Bonchev–Trinajstić information content (AvgIpc) is 2.86. The van der Waals surface area contributed by atoms with E-state index in [1.807, 2.05) is 55.5 Å². The molecule has 140 valence electrons. The molecule has 1 aliphatic rings. The van der Waals surface area contributed by atoms with Crippen LogP contribution in [0.5, 0.6) is 0 Å². The fourth-order valence-electron chi connectivity index (χ4n) is 3.15. The highest BCUT2D eigenvalue weighted by atomic mass is 16.2. The molecule has 0 radical (unpaired) electrons. The van der Waals surface area contributed by atoms with Gasteiger partial charge in [-0.1, -0.05) is 48.5 Å². The minimum Gasteiger partial charge on any atom is -0.324 e. The Labute approximate surface area is 158 Å². The van der Waals surface area contributed by atoms with Gasteiger partial charge in [-0.25, -0.2) is 4.79 Å². The van der Waals surface area contributed by atoms with Crippen molar-refractivity contribution in [3.05, 3.63) is 65.7 Å². The lowest BCUT2D eigenvalue weighted by Gasteiger charge is -2.21. The maximum Gasteiger partial charge on any atom is 0.325 e. The molecule has 1 heterocycles. The highest BCUT2D eigenvalue weighted by Gasteiger charge is 2.47. The summed E-state index contributed by atoms with van der Waals surface area (Å²) in [6.45, 7) is 3.28. The number of hydrogen-bond acceptors (Lipinski definition) is 3. The Kier molecular flexibility index (Phi) is 5.26. The van der Waals surface area contributed by atoms with Crippen LogP contribution in [0.3, 0.4) is 0 Å². The van der Waals surface area contributed by atoms with Gasteiger partial charge in [-0.15, -0.1) is 0 Å². The summed E-state index contributed by atoms with van der Waals surface area (Å²) in [7, 11) is 0. The number of urea groups is 1. The molecule has 1 saturated heterocycles. The number of carbonyl (C=O) groups is 3. The number of nitrogens with one attached hydrogen (secondary N) is 2. The molecule has 1 fully saturated rings. The van der Waals surface area contributed by atoms with Crippen LogP contribution in [0.1, 0.15) is 24.5 Å². The lowest BCUT2D eigenvalue weighted by Crippen LogP contribution is -2.45. The van der Waals surface area contributed by atoms with Gasteiger partial charge in [0.15, 0.2) is 0 Å². The van der Waals surface area contributed by atoms with Crippen LogP contribution in [0.2, 0.25) is 0 Å². The smallest absolute Gasteiger partial charge is 0.324 e. The summed E-state index contributed by atoms with van der Waals surface area (Å²) in [5.74, 6) is -0.775. The first-order valence-corrected chi connectivity index (χ1v) is 8.92. The van der Waals surface area contributed by atoms with Gasteiger partial charge in [-0.2, -0.15) is 0 Å². The molecule has 0 saturated carbocycles. The molecule has 1 unspecified atom stereocenters. The topological polar surface area (TPSA) is 78.5 Å². The summed E-state index contributed by atoms with van der Waals surface area (Å²) < 4.78 is 0. The third kappa shape index (κ3) is 4.16. The number of anilines is 1. The Morgan fingerprint density at radius 3 is 2.44 bits per heavy atom. The van der Waals surface area contributed by atoms with Crippen LogP contribution in [-0.4, -0.2) is 34.8 Å². The van der Waals surface area contributed by atoms with E-state index in [-0.39, 0.29) is 12.5 Å². The number of imide groups is 1. The predicted molar refractivity (Wildman–Crippen MR) is 103 cm³/mol. The number of carbonyl (C=O) groups excluding carboxylic acids is 3. The normalized spacial score (nSPS) is 19.1. The first kappa shape index (κ1) is 18.6. The fourth-order valence-corrected chi connectivity index (χ4v) is 3.15. The monoisotopic (exact) mass is 365 g/mol. The van der Waals surface area contributed by atoms with Gasteiger partial charge in [-0.05, 0) is 43.9 Å². The van der Waals surface area contributed by atoms with Crippen molar-refractivity contribution in [2.24, 2.45) is 0 Å². The number of para-hydroxylation sites is 1. The lowest BCUT2D eigenvalue weighted by atomic mass is 9.93. The first-order chi connectivity index (χ1) is 12.9. The van der Waals surface area contributed by atoms with Gasteiger partial charge in [0.2, 0.25) is 5.91 Å². The summed E-state index contributed by atoms with van der Waals surface area (Å²) in [5.41, 5.74) is 1.67. The van der Waals surface area contributed by atoms with Crippen LogP contribution in [0.25, 0.3) is 0 Å². The average molecular weight is 365 g/mol. The number of nitrogens with zero attached hydrogens (tertiary/aromatic N) is 1. The molecule has 1 aliphatic heterocycles. The van der Waals surface area contributed by atoms with Crippen LogP contribution in [0.4, 0.5) is 10.5 Å². The van der Waals surface area contributed by atoms with E-state index in [9.17, 15) is 14.4 Å². The molecule has 3 rings (SSSR count). The second kappa shape index (κ2) is 7.61. The molecule has 1 atom stereocenters. The summed E-state index contributed by atoms with van der Waals surface area (Å²) in [4.78, 5) is 38.4. The zero-order valence-corrected chi connectivity index (χ0v) is 15.5. The van der Waals surface area contributed by atoms with Gasteiger partial charge in [-0.3, -0.25) is 14.5 Å². The Bertz CT molecular complexity index is 866. The number of rotatable bonds is 6. The standard InChI is InChI=1S/C21H23N3O3/c1-15-8-6-7-11-17(15)22-18(25)14-24-19(26)21(2,23-20(24)27)13-12-16-9-4-3-5-10-16/h3-11H,12-14H2,1-2H3,(H,22,25)(H,23,27). The van der Waals surface area contributed by atoms with Crippen LogP contribution < -0.4 is 10.6 Å². The second-order valence-electron chi connectivity index (χ2n) is 7.00. The molecule has 2 N–H and O–H groups in total. The van der Waals surface area contributed by atoms with E-state index in [1.54, 1.807) is 13.0 Å². The van der Waals surface area contributed by atoms with Crippen molar-refractivity contribution in [3.8, 4) is 0 Å². The largest absolute Gasteiger partial charge is 0.325 e. The van der Waals surface area contributed by atoms with E-state index in [4.69, 9.17) is 0 Å². The molecule has 6 heteroatoms. The molecular formula is C21H23N3O3. The fraction of sp³-hybridized carbons (Fsp3) is 0.286. The van der Waals surface area contributed by atoms with Crippen molar-refractivity contribution in [2.45, 2.75) is 32.2 Å². The van der Waals surface area contributed by atoms with Gasteiger partial charge in [0.1, 0.15) is 12.1 Å². The minimum absolute atomic E-state index is 0.306. The van der Waals surface area contributed by atoms with Crippen molar-refractivity contribution >= 4 is 23.5 Å². The number of aryl methyl sites for hydroxylation is 2. The van der Waals surface area contributed by atoms with Gasteiger partial charge in [0, 0.05) is 5.69 Å². The highest BCUT2D eigenvalue weighted by Crippen LogP contribution is 2.23. The highest BCUT2D eigenvalue weighted by molar-refractivity contribution is 6.10. The zero-order valence-electron chi connectivity index (χ0n) is 15.5. The first-order valence-electron chi connectivity index (χ1n) is 8.92. The summed E-state index contributed by atoms with van der Waals surface area (Å²) >= 11 is 0. The van der Waals surface area contributed by atoms with Crippen molar-refractivity contribution in [2.75, 3.05) is 11.9 Å². The predicted octanol–water partition coefficient (Wildman–Crippen LogP) is 2.88. The van der Waals surface area contributed by atoms with Crippen molar-refractivity contribution in [1.82, 2.24) is 10.2 Å². The van der Waals surface area contributed by atoms with Crippen molar-refractivity contribution in [1.29, 1.82) is 0 Å². The molecule has 0 aromatic heterocycles. The molecule has 6 nitrogen and oxygen atoms in total. The Morgan fingerprint density at radius 2 is 1.74 bits per heavy atom. The van der Waals surface area contributed by atoms with E-state index in [1.165, 1.54) is 0 Å². The third-order valence-electron chi connectivity index (χ3n) is 4.82. The third-order valence-corrected chi connectivity index (χ3v) is 4.82. The summed E-state index contributed by atoms with van der Waals surface area (Å²) in [6, 6.07) is 16.6. The van der Waals surface area contributed by atoms with Crippen LogP contribution in [0.15, 0.2) is 54.6 Å². The van der Waals surface area contributed by atoms with Gasteiger partial charge >= 0.3 is 6.03 Å². The van der Waals surface area contributed by atoms with Crippen LogP contribution in [0, 0.1) is 6.92 Å². The van der Waals surface area contributed by atoms with Crippen LogP contribution in [-0.2, 0) is 16.0 Å². The Balaban J connectivity index is 1.63. The summed E-state index contributed by atoms with van der Waals surface area (Å²) in [6.07, 6.45) is 1.13. The molecule has 0 aliphatic carbocycles. The number of amides is 4. The Morgan fingerprint density at radius 1 is 1.07 bits per heavy atom. The van der Waals surface area contributed by atoms with Crippen molar-refractivity contribution in [3.63, 3.8) is 0 Å². The van der Waals surface area contributed by atoms with E-state index in [2.05, 4.69) is 10.6 Å². The van der Waals surface area contributed by atoms with Crippen molar-refractivity contribution < 1.29 is 14.4 Å². The second-order valence-corrected chi connectivity index (χ2v) is 7.00. The van der Waals surface area contributed by atoms with Gasteiger partial charge in [0.25, 0.3) is 5.91 Å². The molecular weight excluding hydrogens is 342 g/mol. The Hall–Kier alpha value is -3.15. The van der Waals surface area contributed by atoms with E-state index < -0.39 is 17.5 Å². The lowest BCUT2D eigenvalue weighted by molar-refractivity contribution is -0.133. The SMILES string of the molecule is Cc1ccccc1NC(=O)CN1C(=O)NC(C)(CCc2ccccc2)C1=O. The molecule has 2 aromatic rings. The van der Waals surface area contributed by atoms with Gasteiger partial charge in [0.05, 0.1) is 0 Å². The maximum absolute atomic E-state index is 12.8. The molecule has 27 heavy (non-hydrogen) atoms. The zero-order chi connectivity index (χ0) is 19.4. The quantitative estimate of drug-likeness (QED) is 0.773. The summed E-state index contributed by atoms with van der Waals surface area (Å²) in [5, 5.41) is 5.49. The maximum atomic E-state index is 12.8. The van der Waals surface area contributed by atoms with Crippen LogP contribution >= 0.6 is 0 Å². The molecule has 0 bridgehead atoms. The van der Waals surface area contributed by atoms with E-state index >= 15 is 0 Å². The molecule has 4 amide bonds. The van der Waals surface area contributed by atoms with Gasteiger partial charge < -0.3 is 10.6 Å². The molecule has 2 aromatic carbocycles. The molecule has 0 spiro atoms. The van der Waals surface area contributed by atoms with E-state index in [0.29, 0.717) is 18.5 Å². The minimum atomic E-state index is -1.00. The van der Waals surface area contributed by atoms with E-state index in [0.717, 1.165) is 16.0 Å². The number of benzene rings is 2. The number of hydrogen-bond donors (Lipinski definition) is 2.